The number of anilines is 1. The Labute approximate surface area is 170 Å². The molecule has 2 amide bonds. The summed E-state index contributed by atoms with van der Waals surface area (Å²) in [5.74, 6) is 0.0100. The molecule has 0 spiro atoms. The Kier molecular flexibility index (Phi) is 5.81. The van der Waals surface area contributed by atoms with Crippen LogP contribution in [0.25, 0.3) is 0 Å². The molecule has 1 aliphatic heterocycles. The highest BCUT2D eigenvalue weighted by Gasteiger charge is 2.22. The van der Waals surface area contributed by atoms with Gasteiger partial charge < -0.3 is 10.2 Å². The number of rotatable bonds is 3. The topological polar surface area (TPSA) is 49.4 Å². The summed E-state index contributed by atoms with van der Waals surface area (Å²) in [6.45, 7) is 3.58. The van der Waals surface area contributed by atoms with Gasteiger partial charge in [0.2, 0.25) is 0 Å². The van der Waals surface area contributed by atoms with E-state index < -0.39 is 0 Å². The summed E-state index contributed by atoms with van der Waals surface area (Å²) in [5.41, 5.74) is 3.63. The fourth-order valence-corrected chi connectivity index (χ4v) is 5.38. The molecule has 148 valence electrons. The first kappa shape index (κ1) is 19.2. The lowest BCUT2D eigenvalue weighted by atomic mass is 10.00. The van der Waals surface area contributed by atoms with E-state index in [4.69, 9.17) is 0 Å². The van der Waals surface area contributed by atoms with Gasteiger partial charge in [-0.2, -0.15) is 0 Å². The maximum absolute atomic E-state index is 12.9. The molecule has 1 aromatic heterocycles. The van der Waals surface area contributed by atoms with Crippen LogP contribution in [-0.4, -0.2) is 29.8 Å². The Balaban J connectivity index is 1.52. The van der Waals surface area contributed by atoms with Gasteiger partial charge in [0.05, 0.1) is 4.88 Å². The van der Waals surface area contributed by atoms with E-state index in [-0.39, 0.29) is 11.8 Å². The van der Waals surface area contributed by atoms with Crippen molar-refractivity contribution in [2.45, 2.75) is 58.3 Å². The molecule has 0 unspecified atom stereocenters. The largest absolute Gasteiger partial charge is 0.339 e. The van der Waals surface area contributed by atoms with Crippen molar-refractivity contribution >= 4 is 28.8 Å². The minimum Gasteiger partial charge on any atom is -0.339 e. The van der Waals surface area contributed by atoms with E-state index in [9.17, 15) is 9.59 Å². The van der Waals surface area contributed by atoms with Crippen molar-refractivity contribution in [3.8, 4) is 0 Å². The maximum Gasteiger partial charge on any atom is 0.265 e. The molecule has 0 atom stereocenters. The number of carbonyl (C=O) groups excluding carboxylic acids is 2. The van der Waals surface area contributed by atoms with E-state index in [1.807, 2.05) is 30.0 Å². The minimum absolute atomic E-state index is 0.0642. The highest BCUT2D eigenvalue weighted by molar-refractivity contribution is 7.14. The molecule has 4 rings (SSSR count). The Hall–Kier alpha value is -2.14. The van der Waals surface area contributed by atoms with Crippen LogP contribution in [0.2, 0.25) is 0 Å². The molecule has 28 heavy (non-hydrogen) atoms. The molecule has 1 fully saturated rings. The zero-order chi connectivity index (χ0) is 19.5. The van der Waals surface area contributed by atoms with Crippen LogP contribution in [0.15, 0.2) is 24.3 Å². The van der Waals surface area contributed by atoms with Gasteiger partial charge in [-0.05, 0) is 74.8 Å². The molecule has 1 N–H and O–H groups in total. The smallest absolute Gasteiger partial charge is 0.265 e. The standard InChI is InChI=1S/C23H28N2O2S/c1-16-18(23(27)25-13-6-7-14-25)10-8-11-19(16)24-22(26)21-15-17-9-4-2-3-5-12-20(17)28-21/h8,10-11,15H,2-7,9,12-14H2,1H3,(H,24,26). The van der Waals surface area contributed by atoms with Crippen LogP contribution in [0, 0.1) is 6.92 Å². The first-order chi connectivity index (χ1) is 13.6. The van der Waals surface area contributed by atoms with Crippen LogP contribution in [0.1, 0.15) is 74.6 Å². The lowest BCUT2D eigenvalue weighted by Gasteiger charge is -2.18. The van der Waals surface area contributed by atoms with Gasteiger partial charge in [0.25, 0.3) is 11.8 Å². The van der Waals surface area contributed by atoms with E-state index in [1.165, 1.54) is 36.1 Å². The van der Waals surface area contributed by atoms with Crippen molar-refractivity contribution in [3.05, 3.63) is 50.7 Å². The normalized spacial score (nSPS) is 17.0. The second kappa shape index (κ2) is 8.48. The number of fused-ring (bicyclic) bond motifs is 1. The van der Waals surface area contributed by atoms with E-state index in [2.05, 4.69) is 11.4 Å². The molecule has 1 aliphatic carbocycles. The fourth-order valence-electron chi connectivity index (χ4n) is 4.23. The molecule has 1 aromatic carbocycles. The number of likely N-dealkylation sites (tertiary alicyclic amines) is 1. The predicted octanol–water partition coefficient (Wildman–Crippen LogP) is 5.20. The first-order valence-electron chi connectivity index (χ1n) is 10.5. The molecule has 5 heteroatoms. The molecule has 1 saturated heterocycles. The summed E-state index contributed by atoms with van der Waals surface area (Å²) < 4.78 is 0. The second-order valence-corrected chi connectivity index (χ2v) is 9.04. The van der Waals surface area contributed by atoms with Crippen molar-refractivity contribution in [1.29, 1.82) is 0 Å². The van der Waals surface area contributed by atoms with Crippen LogP contribution in [-0.2, 0) is 12.8 Å². The molecule has 0 radical (unpaired) electrons. The van der Waals surface area contributed by atoms with E-state index >= 15 is 0 Å². The molecule has 0 bridgehead atoms. The number of hydrogen-bond acceptors (Lipinski definition) is 3. The first-order valence-corrected chi connectivity index (χ1v) is 11.3. The van der Waals surface area contributed by atoms with Gasteiger partial charge in [0, 0.05) is 29.2 Å². The highest BCUT2D eigenvalue weighted by Crippen LogP contribution is 2.30. The number of benzene rings is 1. The lowest BCUT2D eigenvalue weighted by molar-refractivity contribution is 0.0791. The molecule has 2 aromatic rings. The quantitative estimate of drug-likeness (QED) is 0.775. The monoisotopic (exact) mass is 396 g/mol. The summed E-state index contributed by atoms with van der Waals surface area (Å²) in [6.07, 6.45) is 9.32. The Morgan fingerprint density at radius 3 is 2.54 bits per heavy atom. The molecule has 0 saturated carbocycles. The molecular weight excluding hydrogens is 368 g/mol. The minimum atomic E-state index is -0.0642. The lowest BCUT2D eigenvalue weighted by Crippen LogP contribution is -2.28. The summed E-state index contributed by atoms with van der Waals surface area (Å²) in [5, 5.41) is 3.05. The summed E-state index contributed by atoms with van der Waals surface area (Å²) in [6, 6.07) is 7.69. The second-order valence-electron chi connectivity index (χ2n) is 7.90. The summed E-state index contributed by atoms with van der Waals surface area (Å²) in [7, 11) is 0. The molecular formula is C23H28N2O2S. The van der Waals surface area contributed by atoms with Gasteiger partial charge in [-0.1, -0.05) is 18.9 Å². The Bertz CT molecular complexity index is 855. The third-order valence-electron chi connectivity index (χ3n) is 5.93. The van der Waals surface area contributed by atoms with Crippen molar-refractivity contribution in [1.82, 2.24) is 4.90 Å². The summed E-state index contributed by atoms with van der Waals surface area (Å²) >= 11 is 1.63. The van der Waals surface area contributed by atoms with E-state index in [0.717, 1.165) is 54.9 Å². The SMILES string of the molecule is Cc1c(NC(=O)c2cc3c(s2)CCCCCC3)cccc1C(=O)N1CCCC1. The highest BCUT2D eigenvalue weighted by atomic mass is 32.1. The van der Waals surface area contributed by atoms with Crippen LogP contribution in [0.4, 0.5) is 5.69 Å². The number of nitrogens with zero attached hydrogens (tertiary/aromatic N) is 1. The van der Waals surface area contributed by atoms with Crippen molar-refractivity contribution in [3.63, 3.8) is 0 Å². The van der Waals surface area contributed by atoms with Gasteiger partial charge in [-0.3, -0.25) is 9.59 Å². The third-order valence-corrected chi connectivity index (χ3v) is 7.16. The van der Waals surface area contributed by atoms with Crippen LogP contribution in [0.3, 0.4) is 0 Å². The van der Waals surface area contributed by atoms with Crippen molar-refractivity contribution < 1.29 is 9.59 Å². The number of thiophene rings is 1. The number of aryl methyl sites for hydroxylation is 2. The predicted molar refractivity (Wildman–Crippen MR) is 114 cm³/mol. The van der Waals surface area contributed by atoms with E-state index in [0.29, 0.717) is 5.56 Å². The number of amides is 2. The van der Waals surface area contributed by atoms with Crippen molar-refractivity contribution in [2.24, 2.45) is 0 Å². The number of nitrogens with one attached hydrogen (secondary N) is 1. The van der Waals surface area contributed by atoms with E-state index in [1.54, 1.807) is 11.3 Å². The van der Waals surface area contributed by atoms with Gasteiger partial charge >= 0.3 is 0 Å². The average molecular weight is 397 g/mol. The third kappa shape index (κ3) is 4.00. The molecule has 2 aliphatic rings. The number of carbonyl (C=O) groups is 2. The zero-order valence-corrected chi connectivity index (χ0v) is 17.4. The average Bonchev–Trinajstić information content (AvgIpc) is 3.33. The van der Waals surface area contributed by atoms with Gasteiger partial charge in [-0.25, -0.2) is 0 Å². The van der Waals surface area contributed by atoms with Crippen LogP contribution >= 0.6 is 11.3 Å². The van der Waals surface area contributed by atoms with Crippen LogP contribution in [0.5, 0.6) is 0 Å². The molecule has 4 nitrogen and oxygen atoms in total. The van der Waals surface area contributed by atoms with Gasteiger partial charge in [-0.15, -0.1) is 11.3 Å². The fraction of sp³-hybridized carbons (Fsp3) is 0.478. The van der Waals surface area contributed by atoms with Crippen LogP contribution < -0.4 is 5.32 Å². The Morgan fingerprint density at radius 2 is 1.75 bits per heavy atom. The van der Waals surface area contributed by atoms with Gasteiger partial charge in [0.1, 0.15) is 0 Å². The maximum atomic E-state index is 12.9. The number of hydrogen-bond donors (Lipinski definition) is 1. The molecule has 2 heterocycles. The summed E-state index contributed by atoms with van der Waals surface area (Å²) in [4.78, 5) is 29.8. The Morgan fingerprint density at radius 1 is 1.00 bits per heavy atom. The zero-order valence-electron chi connectivity index (χ0n) is 16.6. The van der Waals surface area contributed by atoms with Gasteiger partial charge in [0.15, 0.2) is 0 Å². The van der Waals surface area contributed by atoms with Crippen molar-refractivity contribution in [2.75, 3.05) is 18.4 Å².